The average molecular weight is 310 g/mol. The first-order valence-electron chi connectivity index (χ1n) is 6.55. The van der Waals surface area contributed by atoms with E-state index in [2.05, 4.69) is 11.9 Å². The van der Waals surface area contributed by atoms with Gasteiger partial charge in [-0.05, 0) is 39.3 Å². The van der Waals surface area contributed by atoms with E-state index in [1.807, 2.05) is 0 Å². The first kappa shape index (κ1) is 17.2. The lowest BCUT2D eigenvalue weighted by molar-refractivity contribution is -0.113. The smallest absolute Gasteiger partial charge is 0.408 e. The Morgan fingerprint density at radius 2 is 1.86 bits per heavy atom. The molecule has 0 fully saturated rings. The van der Waals surface area contributed by atoms with Crippen LogP contribution in [-0.4, -0.2) is 17.5 Å². The van der Waals surface area contributed by atoms with Crippen molar-refractivity contribution in [1.82, 2.24) is 5.32 Å². The largest absolute Gasteiger partial charge is 0.444 e. The van der Waals surface area contributed by atoms with E-state index >= 15 is 0 Å². The van der Waals surface area contributed by atoms with Gasteiger partial charge in [-0.2, -0.15) is 0 Å². The molecule has 114 valence electrons. The predicted octanol–water partition coefficient (Wildman–Crippen LogP) is 4.05. The van der Waals surface area contributed by atoms with E-state index in [9.17, 15) is 9.59 Å². The number of ether oxygens (including phenoxy) is 1. The summed E-state index contributed by atoms with van der Waals surface area (Å²) in [6.07, 6.45) is -0.630. The Labute approximate surface area is 130 Å². The molecule has 0 aromatic heterocycles. The third-order valence-electron chi connectivity index (χ3n) is 2.68. The number of hydrogen-bond donors (Lipinski definition) is 1. The summed E-state index contributed by atoms with van der Waals surface area (Å²) in [7, 11) is 0. The van der Waals surface area contributed by atoms with E-state index in [1.54, 1.807) is 45.0 Å². The van der Waals surface area contributed by atoms with Crippen molar-refractivity contribution in [3.05, 3.63) is 47.0 Å². The van der Waals surface area contributed by atoms with Crippen molar-refractivity contribution < 1.29 is 14.3 Å². The molecule has 0 bridgehead atoms. The summed E-state index contributed by atoms with van der Waals surface area (Å²) in [4.78, 5) is 23.6. The summed E-state index contributed by atoms with van der Waals surface area (Å²) in [5.74, 6) is -0.226. The van der Waals surface area contributed by atoms with Gasteiger partial charge < -0.3 is 10.1 Å². The van der Waals surface area contributed by atoms with Crippen molar-refractivity contribution in [3.63, 3.8) is 0 Å². The summed E-state index contributed by atoms with van der Waals surface area (Å²) in [6.45, 7) is 10.4. The number of amides is 1. The number of Topliss-reactive ketones (excluding diaryl/α,β-unsaturated/α-hetero) is 1. The molecule has 0 spiro atoms. The number of nitrogens with one attached hydrogen (secondary N) is 1. The highest BCUT2D eigenvalue weighted by atomic mass is 35.5. The minimum Gasteiger partial charge on any atom is -0.444 e. The van der Waals surface area contributed by atoms with Crippen LogP contribution in [0.25, 0.3) is 0 Å². The van der Waals surface area contributed by atoms with Crippen LogP contribution in [0, 0.1) is 0 Å². The SMILES string of the molecule is C=C(C(C)=O)[C@@H](NC(=O)OC(C)(C)C)c1ccccc1Cl. The van der Waals surface area contributed by atoms with Crippen LogP contribution in [0.1, 0.15) is 39.3 Å². The second kappa shape index (κ2) is 6.76. The Bertz CT molecular complexity index is 561. The third kappa shape index (κ3) is 5.23. The highest BCUT2D eigenvalue weighted by Gasteiger charge is 2.25. The van der Waals surface area contributed by atoms with Gasteiger partial charge in [-0.3, -0.25) is 4.79 Å². The van der Waals surface area contributed by atoms with Gasteiger partial charge in [0.15, 0.2) is 5.78 Å². The standard InChI is InChI=1S/C16H20ClNO3/c1-10(11(2)19)14(12-8-6-7-9-13(12)17)18-15(20)21-16(3,4)5/h6-9,14H,1H2,2-5H3,(H,18,20)/t14-/m1/s1. The molecule has 0 aliphatic carbocycles. The molecule has 0 saturated heterocycles. The van der Waals surface area contributed by atoms with Crippen LogP contribution in [-0.2, 0) is 9.53 Å². The number of benzene rings is 1. The molecule has 0 saturated carbocycles. The summed E-state index contributed by atoms with van der Waals surface area (Å²) in [6, 6.07) is 6.25. The molecule has 0 aliphatic rings. The Hall–Kier alpha value is -1.81. The van der Waals surface area contributed by atoms with Crippen LogP contribution in [0.15, 0.2) is 36.4 Å². The first-order valence-corrected chi connectivity index (χ1v) is 6.93. The summed E-state index contributed by atoms with van der Waals surface area (Å²) < 4.78 is 5.21. The molecule has 5 heteroatoms. The van der Waals surface area contributed by atoms with Gasteiger partial charge in [-0.1, -0.05) is 36.4 Å². The van der Waals surface area contributed by atoms with Gasteiger partial charge in [-0.15, -0.1) is 0 Å². The van der Waals surface area contributed by atoms with E-state index in [0.717, 1.165) is 0 Å². The number of carbonyl (C=O) groups excluding carboxylic acids is 2. The van der Waals surface area contributed by atoms with Crippen molar-refractivity contribution in [2.45, 2.75) is 39.3 Å². The van der Waals surface area contributed by atoms with E-state index in [1.165, 1.54) is 6.92 Å². The van der Waals surface area contributed by atoms with E-state index in [0.29, 0.717) is 10.6 Å². The van der Waals surface area contributed by atoms with Crippen molar-refractivity contribution in [1.29, 1.82) is 0 Å². The predicted molar refractivity (Wildman–Crippen MR) is 83.4 cm³/mol. The molecule has 1 aromatic rings. The molecule has 4 nitrogen and oxygen atoms in total. The maximum Gasteiger partial charge on any atom is 0.408 e. The third-order valence-corrected chi connectivity index (χ3v) is 3.02. The van der Waals surface area contributed by atoms with E-state index in [4.69, 9.17) is 16.3 Å². The summed E-state index contributed by atoms with van der Waals surface area (Å²) in [5.41, 5.74) is 0.214. The van der Waals surface area contributed by atoms with Crippen molar-refractivity contribution >= 4 is 23.5 Å². The van der Waals surface area contributed by atoms with Crippen LogP contribution in [0.2, 0.25) is 5.02 Å². The van der Waals surface area contributed by atoms with Crippen LogP contribution in [0.5, 0.6) is 0 Å². The topological polar surface area (TPSA) is 55.4 Å². The molecule has 1 aromatic carbocycles. The van der Waals surface area contributed by atoms with Gasteiger partial charge in [-0.25, -0.2) is 4.79 Å². The molecule has 21 heavy (non-hydrogen) atoms. The number of ketones is 1. The Kier molecular flexibility index (Phi) is 5.55. The average Bonchev–Trinajstić information content (AvgIpc) is 2.34. The lowest BCUT2D eigenvalue weighted by atomic mass is 9.97. The molecular weight excluding hydrogens is 290 g/mol. The quantitative estimate of drug-likeness (QED) is 0.854. The monoisotopic (exact) mass is 309 g/mol. The van der Waals surface area contributed by atoms with Gasteiger partial charge in [0.05, 0.1) is 6.04 Å². The number of hydrogen-bond acceptors (Lipinski definition) is 3. The van der Waals surface area contributed by atoms with Gasteiger partial charge in [0.1, 0.15) is 5.60 Å². The summed E-state index contributed by atoms with van der Waals surface area (Å²) in [5, 5.41) is 3.09. The van der Waals surface area contributed by atoms with Gasteiger partial charge in [0.25, 0.3) is 0 Å². The lowest BCUT2D eigenvalue weighted by Gasteiger charge is -2.25. The normalized spacial score (nSPS) is 12.4. The molecule has 0 radical (unpaired) electrons. The van der Waals surface area contributed by atoms with Crippen LogP contribution < -0.4 is 5.32 Å². The zero-order chi connectivity index (χ0) is 16.2. The van der Waals surface area contributed by atoms with Crippen molar-refractivity contribution in [3.8, 4) is 0 Å². The zero-order valence-corrected chi connectivity index (χ0v) is 13.5. The molecule has 1 rings (SSSR count). The molecule has 0 aliphatic heterocycles. The first-order chi connectivity index (χ1) is 9.61. The molecule has 0 unspecified atom stereocenters. The Morgan fingerprint density at radius 3 is 2.33 bits per heavy atom. The number of carbonyl (C=O) groups is 2. The number of alkyl carbamates (subject to hydrolysis) is 1. The molecular formula is C16H20ClNO3. The molecule has 1 amide bonds. The minimum atomic E-state index is -0.717. The van der Waals surface area contributed by atoms with Crippen LogP contribution >= 0.6 is 11.6 Å². The molecule has 1 atom stereocenters. The minimum absolute atomic E-state index is 0.226. The van der Waals surface area contributed by atoms with Gasteiger partial charge in [0.2, 0.25) is 0 Å². The van der Waals surface area contributed by atoms with Crippen molar-refractivity contribution in [2.75, 3.05) is 0 Å². The van der Waals surface area contributed by atoms with Crippen LogP contribution in [0.4, 0.5) is 4.79 Å². The summed E-state index contributed by atoms with van der Waals surface area (Å²) >= 11 is 6.14. The second-order valence-corrected chi connectivity index (χ2v) is 6.09. The fraction of sp³-hybridized carbons (Fsp3) is 0.375. The highest BCUT2D eigenvalue weighted by Crippen LogP contribution is 2.28. The molecule has 0 heterocycles. The second-order valence-electron chi connectivity index (χ2n) is 5.68. The van der Waals surface area contributed by atoms with E-state index < -0.39 is 17.7 Å². The lowest BCUT2D eigenvalue weighted by Crippen LogP contribution is -2.36. The maximum absolute atomic E-state index is 12.0. The fourth-order valence-corrected chi connectivity index (χ4v) is 1.94. The van der Waals surface area contributed by atoms with E-state index in [-0.39, 0.29) is 11.4 Å². The Balaban J connectivity index is 3.05. The Morgan fingerprint density at radius 1 is 1.29 bits per heavy atom. The number of rotatable bonds is 4. The van der Waals surface area contributed by atoms with Crippen molar-refractivity contribution in [2.24, 2.45) is 0 Å². The van der Waals surface area contributed by atoms with Gasteiger partial charge >= 0.3 is 6.09 Å². The maximum atomic E-state index is 12.0. The van der Waals surface area contributed by atoms with Crippen LogP contribution in [0.3, 0.4) is 0 Å². The highest BCUT2D eigenvalue weighted by molar-refractivity contribution is 6.31. The molecule has 1 N–H and O–H groups in total. The fourth-order valence-electron chi connectivity index (χ4n) is 1.69. The number of halogens is 1. The zero-order valence-electron chi connectivity index (χ0n) is 12.7. The van der Waals surface area contributed by atoms with Gasteiger partial charge in [0, 0.05) is 10.6 Å².